The van der Waals surface area contributed by atoms with Crippen LogP contribution in [0.4, 0.5) is 5.82 Å². The summed E-state index contributed by atoms with van der Waals surface area (Å²) in [6.45, 7) is 9.56. The number of allylic oxidation sites excluding steroid dienone is 2. The van der Waals surface area contributed by atoms with E-state index in [9.17, 15) is 4.79 Å². The van der Waals surface area contributed by atoms with Gasteiger partial charge in [0.2, 0.25) is 12.1 Å². The van der Waals surface area contributed by atoms with E-state index in [2.05, 4.69) is 31.0 Å². The van der Waals surface area contributed by atoms with Crippen molar-refractivity contribution in [1.29, 1.82) is 0 Å². The Morgan fingerprint density at radius 2 is 1.94 bits per heavy atom. The van der Waals surface area contributed by atoms with Gasteiger partial charge in [-0.25, -0.2) is 4.57 Å². The SMILES string of the molecule is CC1(C)CC(=O)C2=C(C1)Oc1nc[n+](CC[NH+]3CCOCC3)c(N)c1[C@@H]2c1ccccc1. The Labute approximate surface area is 188 Å². The Hall–Kier alpha value is -2.77. The van der Waals surface area contributed by atoms with E-state index in [0.717, 1.165) is 61.9 Å². The van der Waals surface area contributed by atoms with Crippen molar-refractivity contribution in [2.24, 2.45) is 5.41 Å². The summed E-state index contributed by atoms with van der Waals surface area (Å²) in [5, 5.41) is 0. The number of carbonyl (C=O) groups excluding carboxylic acids is 1. The summed E-state index contributed by atoms with van der Waals surface area (Å²) >= 11 is 0. The van der Waals surface area contributed by atoms with Gasteiger partial charge in [-0.3, -0.25) is 4.79 Å². The van der Waals surface area contributed by atoms with Gasteiger partial charge in [-0.2, -0.15) is 0 Å². The highest BCUT2D eigenvalue weighted by Crippen LogP contribution is 2.50. The fourth-order valence-electron chi connectivity index (χ4n) is 5.17. The monoisotopic (exact) mass is 436 g/mol. The second-order valence-electron chi connectivity index (χ2n) is 9.88. The van der Waals surface area contributed by atoms with Crippen LogP contribution in [0.2, 0.25) is 0 Å². The van der Waals surface area contributed by atoms with Gasteiger partial charge >= 0.3 is 5.88 Å². The van der Waals surface area contributed by atoms with Crippen molar-refractivity contribution >= 4 is 11.6 Å². The molecule has 1 atom stereocenters. The van der Waals surface area contributed by atoms with Gasteiger partial charge < -0.3 is 20.1 Å². The van der Waals surface area contributed by atoms with Crippen LogP contribution in [0.1, 0.15) is 43.7 Å². The molecule has 3 heterocycles. The molecule has 7 nitrogen and oxygen atoms in total. The molecule has 0 amide bonds. The lowest BCUT2D eigenvalue weighted by atomic mass is 9.70. The van der Waals surface area contributed by atoms with Gasteiger partial charge in [-0.1, -0.05) is 49.2 Å². The number of anilines is 1. The van der Waals surface area contributed by atoms with Crippen molar-refractivity contribution in [3.05, 3.63) is 59.1 Å². The van der Waals surface area contributed by atoms with E-state index >= 15 is 0 Å². The number of fused-ring (bicyclic) bond motifs is 1. The number of rotatable bonds is 4. The third kappa shape index (κ3) is 3.91. The molecule has 0 spiro atoms. The highest BCUT2D eigenvalue weighted by molar-refractivity contribution is 6.00. The summed E-state index contributed by atoms with van der Waals surface area (Å²) in [5.74, 6) is 1.78. The number of Topliss-reactive ketones (excluding diaryl/α,β-unsaturated/α-hetero) is 1. The molecule has 32 heavy (non-hydrogen) atoms. The Kier molecular flexibility index (Phi) is 5.47. The first-order valence-electron chi connectivity index (χ1n) is 11.5. The quantitative estimate of drug-likeness (QED) is 0.700. The molecule has 3 N–H and O–H groups in total. The first-order valence-corrected chi connectivity index (χ1v) is 11.5. The highest BCUT2D eigenvalue weighted by Gasteiger charge is 2.45. The van der Waals surface area contributed by atoms with Gasteiger partial charge in [0.15, 0.2) is 5.78 Å². The van der Waals surface area contributed by atoms with E-state index in [0.29, 0.717) is 24.5 Å². The van der Waals surface area contributed by atoms with Crippen LogP contribution in [0.25, 0.3) is 0 Å². The highest BCUT2D eigenvalue weighted by atomic mass is 16.5. The number of carbonyl (C=O) groups is 1. The molecule has 0 saturated carbocycles. The van der Waals surface area contributed by atoms with E-state index in [4.69, 9.17) is 15.2 Å². The second kappa shape index (κ2) is 8.30. The van der Waals surface area contributed by atoms with Gasteiger partial charge in [-0.15, -0.1) is 0 Å². The molecule has 2 aliphatic heterocycles. The summed E-state index contributed by atoms with van der Waals surface area (Å²) < 4.78 is 13.7. The van der Waals surface area contributed by atoms with Crippen LogP contribution in [0.5, 0.6) is 5.88 Å². The number of nitrogens with zero attached hydrogens (tertiary/aromatic N) is 2. The summed E-state index contributed by atoms with van der Waals surface area (Å²) in [4.78, 5) is 19.5. The second-order valence-corrected chi connectivity index (χ2v) is 9.88. The lowest BCUT2D eigenvalue weighted by Crippen LogP contribution is -3.14. The number of ether oxygens (including phenoxy) is 2. The van der Waals surface area contributed by atoms with E-state index < -0.39 is 0 Å². The number of ketones is 1. The molecule has 0 unspecified atom stereocenters. The summed E-state index contributed by atoms with van der Waals surface area (Å²) in [7, 11) is 0. The number of hydrogen-bond donors (Lipinski definition) is 2. The number of hydrogen-bond acceptors (Lipinski definition) is 5. The topological polar surface area (TPSA) is 82.8 Å². The van der Waals surface area contributed by atoms with E-state index in [1.54, 1.807) is 6.33 Å². The molecule has 0 bridgehead atoms. The van der Waals surface area contributed by atoms with Gasteiger partial charge in [-0.05, 0) is 11.0 Å². The molecule has 1 fully saturated rings. The van der Waals surface area contributed by atoms with Crippen molar-refractivity contribution in [2.75, 3.05) is 38.6 Å². The molecule has 7 heteroatoms. The normalized spacial score (nSPS) is 22.8. The lowest BCUT2D eigenvalue weighted by Gasteiger charge is -2.37. The Morgan fingerprint density at radius 3 is 2.69 bits per heavy atom. The van der Waals surface area contributed by atoms with Gasteiger partial charge in [0.25, 0.3) is 0 Å². The average Bonchev–Trinajstić information content (AvgIpc) is 2.78. The number of morpholine rings is 1. The number of nitrogens with one attached hydrogen (secondary N) is 1. The van der Waals surface area contributed by atoms with E-state index in [1.165, 1.54) is 4.90 Å². The zero-order valence-corrected chi connectivity index (χ0v) is 18.9. The van der Waals surface area contributed by atoms with Crippen LogP contribution in [0.15, 0.2) is 48.0 Å². The largest absolute Gasteiger partial charge is 0.430 e. The summed E-state index contributed by atoms with van der Waals surface area (Å²) in [5.41, 5.74) is 9.21. The van der Waals surface area contributed by atoms with Gasteiger partial charge in [0.1, 0.15) is 37.5 Å². The zero-order chi connectivity index (χ0) is 22.3. The zero-order valence-electron chi connectivity index (χ0n) is 18.9. The predicted molar refractivity (Wildman–Crippen MR) is 119 cm³/mol. The minimum absolute atomic E-state index is 0.129. The maximum atomic E-state index is 13.3. The van der Waals surface area contributed by atoms with Crippen molar-refractivity contribution in [3.63, 3.8) is 0 Å². The van der Waals surface area contributed by atoms with E-state index in [-0.39, 0.29) is 17.1 Å². The number of nitrogens with two attached hydrogens (primary N) is 1. The maximum Gasteiger partial charge on any atom is 0.305 e. The molecule has 3 aliphatic rings. The molecule has 168 valence electrons. The van der Waals surface area contributed by atoms with Crippen LogP contribution in [0.3, 0.4) is 0 Å². The number of benzene rings is 1. The van der Waals surface area contributed by atoms with Crippen molar-refractivity contribution in [3.8, 4) is 5.88 Å². The van der Waals surface area contributed by atoms with Crippen LogP contribution in [0, 0.1) is 5.41 Å². The van der Waals surface area contributed by atoms with Crippen LogP contribution in [-0.4, -0.2) is 43.6 Å². The van der Waals surface area contributed by atoms with Crippen LogP contribution in [-0.2, 0) is 16.1 Å². The van der Waals surface area contributed by atoms with E-state index in [1.807, 2.05) is 22.8 Å². The predicted octanol–water partition coefficient (Wildman–Crippen LogP) is 1.03. The molecule has 1 aliphatic carbocycles. The maximum absolute atomic E-state index is 13.3. The Bertz CT molecular complexity index is 1060. The molecule has 2 aromatic rings. The third-order valence-corrected chi connectivity index (χ3v) is 6.85. The van der Waals surface area contributed by atoms with Crippen molar-refractivity contribution in [1.82, 2.24) is 4.98 Å². The Balaban J connectivity index is 1.55. The molecule has 0 radical (unpaired) electrons. The smallest absolute Gasteiger partial charge is 0.305 e. The van der Waals surface area contributed by atoms with Gasteiger partial charge in [0, 0.05) is 18.4 Å². The molecule has 1 saturated heterocycles. The van der Waals surface area contributed by atoms with Gasteiger partial charge in [0.05, 0.1) is 19.1 Å². The number of aromatic nitrogens is 2. The fraction of sp³-hybridized carbons (Fsp3) is 0.480. The standard InChI is InChI=1S/C25H30N4O3/c1-25(2)14-18(30)21-19(15-25)32-24-22(20(21)17-6-4-3-5-7-17)23(26)29(16-27-24)9-8-28-10-12-31-13-11-28/h3-7,16,20,26H,8-15H2,1-2H3/p+2/t20-/m1/s1. The molecule has 5 rings (SSSR count). The fourth-order valence-corrected chi connectivity index (χ4v) is 5.17. The molecule has 1 aromatic heterocycles. The lowest BCUT2D eigenvalue weighted by molar-refractivity contribution is -0.925. The van der Waals surface area contributed by atoms with Crippen LogP contribution < -0.4 is 19.9 Å². The van der Waals surface area contributed by atoms with Crippen molar-refractivity contribution < 1.29 is 23.7 Å². The van der Waals surface area contributed by atoms with Crippen LogP contribution >= 0.6 is 0 Å². The first-order chi connectivity index (χ1) is 15.4. The molecular weight excluding hydrogens is 404 g/mol. The van der Waals surface area contributed by atoms with Crippen molar-refractivity contribution in [2.45, 2.75) is 39.2 Å². The average molecular weight is 437 g/mol. The number of quaternary nitrogens is 1. The summed E-state index contributed by atoms with van der Waals surface area (Å²) in [6, 6.07) is 10.1. The molecule has 1 aromatic carbocycles. The Morgan fingerprint density at radius 1 is 1.19 bits per heavy atom. The number of nitrogen functional groups attached to an aromatic ring is 1. The summed E-state index contributed by atoms with van der Waals surface area (Å²) in [6.07, 6.45) is 3.00. The third-order valence-electron chi connectivity index (χ3n) is 6.85. The minimum atomic E-state index is -0.255. The minimum Gasteiger partial charge on any atom is -0.430 e. The first kappa shape index (κ1) is 21.1. The molecular formula is C25H32N4O3+2.